The Labute approximate surface area is 171 Å². The second-order valence-corrected chi connectivity index (χ2v) is 6.98. The van der Waals surface area contributed by atoms with Crippen molar-refractivity contribution >= 4 is 17.6 Å². The van der Waals surface area contributed by atoms with Crippen molar-refractivity contribution in [3.63, 3.8) is 0 Å². The summed E-state index contributed by atoms with van der Waals surface area (Å²) in [5.41, 5.74) is 9.37. The lowest BCUT2D eigenvalue weighted by Gasteiger charge is -2.25. The van der Waals surface area contributed by atoms with Crippen LogP contribution in [0.25, 0.3) is 5.69 Å². The summed E-state index contributed by atoms with van der Waals surface area (Å²) in [6, 6.07) is 15.6. The highest BCUT2D eigenvalue weighted by atomic mass is 35.5. The lowest BCUT2D eigenvalue weighted by atomic mass is 9.84. The minimum atomic E-state index is -1.01. The maximum atomic E-state index is 11.1. The van der Waals surface area contributed by atoms with Crippen molar-refractivity contribution in [2.24, 2.45) is 5.73 Å². The average molecular weight is 407 g/mol. The second-order valence-electron chi connectivity index (χ2n) is 6.54. The summed E-state index contributed by atoms with van der Waals surface area (Å²) in [6.07, 6.45) is 0. The van der Waals surface area contributed by atoms with Crippen molar-refractivity contribution in [3.05, 3.63) is 87.4 Å². The summed E-state index contributed by atoms with van der Waals surface area (Å²) in [5.74, 6) is -1.07. The molecule has 1 aromatic heterocycles. The lowest BCUT2D eigenvalue weighted by Crippen LogP contribution is -2.22. The van der Waals surface area contributed by atoms with Crippen molar-refractivity contribution in [3.8, 4) is 17.6 Å². The van der Waals surface area contributed by atoms with E-state index in [1.165, 1.54) is 12.1 Å². The average Bonchev–Trinajstić information content (AvgIpc) is 3.03. The number of hydrogen-bond donors (Lipinski definition) is 2. The summed E-state index contributed by atoms with van der Waals surface area (Å²) in [7, 11) is 0. The highest BCUT2D eigenvalue weighted by Crippen LogP contribution is 2.44. The standard InChI is InChI=1S/C21H15ClN4O3/c1-11-17-18(12-2-6-14(22)7-3-12)16(10-23)19(24)29-20(17)26(25-11)15-8-4-13(5-9-15)21(27)28/h2-9,18H,24H2,1H3,(H,27,28). The Morgan fingerprint density at radius 1 is 1.24 bits per heavy atom. The van der Waals surface area contributed by atoms with Crippen LogP contribution in [-0.4, -0.2) is 20.9 Å². The van der Waals surface area contributed by atoms with E-state index in [9.17, 15) is 10.1 Å². The smallest absolute Gasteiger partial charge is 0.335 e. The van der Waals surface area contributed by atoms with Crippen LogP contribution in [0.4, 0.5) is 0 Å². The van der Waals surface area contributed by atoms with E-state index in [0.717, 1.165) is 11.1 Å². The number of carbonyl (C=O) groups is 1. The number of nitriles is 1. The van der Waals surface area contributed by atoms with Crippen molar-refractivity contribution in [1.29, 1.82) is 5.26 Å². The molecule has 1 atom stereocenters. The van der Waals surface area contributed by atoms with Gasteiger partial charge in [-0.25, -0.2) is 9.48 Å². The van der Waals surface area contributed by atoms with Gasteiger partial charge in [-0.15, -0.1) is 0 Å². The molecule has 2 aromatic carbocycles. The number of allylic oxidation sites excluding steroid dienone is 1. The molecule has 0 amide bonds. The zero-order valence-corrected chi connectivity index (χ0v) is 16.0. The molecular weight excluding hydrogens is 392 g/mol. The number of carboxylic acid groups (broad SMARTS) is 1. The minimum absolute atomic E-state index is 0.00301. The number of ether oxygens (including phenoxy) is 1. The predicted octanol–water partition coefficient (Wildman–Crippen LogP) is 3.75. The number of hydrogen-bond acceptors (Lipinski definition) is 5. The van der Waals surface area contributed by atoms with Crippen LogP contribution in [0.3, 0.4) is 0 Å². The quantitative estimate of drug-likeness (QED) is 0.684. The maximum Gasteiger partial charge on any atom is 0.335 e. The summed E-state index contributed by atoms with van der Waals surface area (Å²) < 4.78 is 7.34. The molecule has 2 heterocycles. The SMILES string of the molecule is Cc1nn(-c2ccc(C(=O)O)cc2)c2c1C(c1ccc(Cl)cc1)C(C#N)=C(N)O2. The second kappa shape index (κ2) is 7.00. The number of rotatable bonds is 3. The normalized spacial score (nSPS) is 15.4. The van der Waals surface area contributed by atoms with Crippen molar-refractivity contribution < 1.29 is 14.6 Å². The zero-order valence-electron chi connectivity index (χ0n) is 15.3. The van der Waals surface area contributed by atoms with Crippen LogP contribution in [0.1, 0.15) is 33.1 Å². The molecule has 1 unspecified atom stereocenters. The highest BCUT2D eigenvalue weighted by Gasteiger charge is 2.36. The van der Waals surface area contributed by atoms with Crippen LogP contribution in [-0.2, 0) is 0 Å². The van der Waals surface area contributed by atoms with E-state index in [1.807, 2.05) is 19.1 Å². The molecule has 0 saturated carbocycles. The lowest BCUT2D eigenvalue weighted by molar-refractivity contribution is 0.0697. The molecule has 0 spiro atoms. The number of nitrogens with two attached hydrogens (primary N) is 1. The first-order valence-electron chi connectivity index (χ1n) is 8.67. The van der Waals surface area contributed by atoms with Gasteiger partial charge in [-0.3, -0.25) is 0 Å². The number of aromatic carboxylic acids is 1. The van der Waals surface area contributed by atoms with Gasteiger partial charge in [0.05, 0.1) is 28.4 Å². The Kier molecular flexibility index (Phi) is 4.49. The number of halogens is 1. The van der Waals surface area contributed by atoms with E-state index in [0.29, 0.717) is 27.9 Å². The Hall–Kier alpha value is -3.76. The van der Waals surface area contributed by atoms with E-state index >= 15 is 0 Å². The zero-order chi connectivity index (χ0) is 20.7. The summed E-state index contributed by atoms with van der Waals surface area (Å²) in [5, 5.41) is 23.9. The molecule has 3 N–H and O–H groups in total. The van der Waals surface area contributed by atoms with Gasteiger partial charge >= 0.3 is 5.97 Å². The monoisotopic (exact) mass is 406 g/mol. The van der Waals surface area contributed by atoms with Crippen molar-refractivity contribution in [2.75, 3.05) is 0 Å². The molecule has 1 aliphatic rings. The maximum absolute atomic E-state index is 11.1. The summed E-state index contributed by atoms with van der Waals surface area (Å²) >= 11 is 6.02. The Morgan fingerprint density at radius 2 is 1.90 bits per heavy atom. The molecule has 29 heavy (non-hydrogen) atoms. The van der Waals surface area contributed by atoms with Gasteiger partial charge in [-0.05, 0) is 48.9 Å². The van der Waals surface area contributed by atoms with Crippen LogP contribution in [0.2, 0.25) is 5.02 Å². The molecule has 0 aliphatic carbocycles. The largest absolute Gasteiger partial charge is 0.478 e. The third kappa shape index (κ3) is 3.10. The van der Waals surface area contributed by atoms with Gasteiger partial charge < -0.3 is 15.6 Å². The van der Waals surface area contributed by atoms with E-state index in [1.54, 1.807) is 28.9 Å². The van der Waals surface area contributed by atoms with Crippen molar-refractivity contribution in [1.82, 2.24) is 9.78 Å². The topological polar surface area (TPSA) is 114 Å². The van der Waals surface area contributed by atoms with Crippen molar-refractivity contribution in [2.45, 2.75) is 12.8 Å². The van der Waals surface area contributed by atoms with Gasteiger partial charge in [-0.2, -0.15) is 10.4 Å². The Balaban J connectivity index is 1.89. The van der Waals surface area contributed by atoms with E-state index in [-0.39, 0.29) is 11.4 Å². The number of aryl methyl sites for hydroxylation is 1. The van der Waals surface area contributed by atoms with Gasteiger partial charge in [-0.1, -0.05) is 23.7 Å². The number of aromatic nitrogens is 2. The fourth-order valence-electron chi connectivity index (χ4n) is 3.42. The molecule has 0 bridgehead atoms. The van der Waals surface area contributed by atoms with Gasteiger partial charge in [0.1, 0.15) is 11.6 Å². The van der Waals surface area contributed by atoms with Crippen LogP contribution >= 0.6 is 11.6 Å². The van der Waals surface area contributed by atoms with Gasteiger partial charge in [0.2, 0.25) is 11.8 Å². The Morgan fingerprint density at radius 3 is 2.48 bits per heavy atom. The third-order valence-corrected chi connectivity index (χ3v) is 5.05. The molecule has 7 nitrogen and oxygen atoms in total. The first kappa shape index (κ1) is 18.6. The number of fused-ring (bicyclic) bond motifs is 1. The molecule has 0 fully saturated rings. The Bertz CT molecular complexity index is 1190. The number of benzene rings is 2. The molecule has 1 aliphatic heterocycles. The summed E-state index contributed by atoms with van der Waals surface area (Å²) in [6.45, 7) is 1.82. The molecule has 144 valence electrons. The van der Waals surface area contributed by atoms with Gasteiger partial charge in [0.25, 0.3) is 0 Å². The molecule has 0 radical (unpaired) electrons. The third-order valence-electron chi connectivity index (χ3n) is 4.79. The van der Waals surface area contributed by atoms with Gasteiger partial charge in [0, 0.05) is 5.02 Å². The molecule has 3 aromatic rings. The van der Waals surface area contributed by atoms with Crippen LogP contribution in [0, 0.1) is 18.3 Å². The molecule has 0 saturated heterocycles. The van der Waals surface area contributed by atoms with Crippen LogP contribution in [0.15, 0.2) is 60.0 Å². The van der Waals surface area contributed by atoms with E-state index in [4.69, 9.17) is 27.2 Å². The number of carboxylic acids is 1. The van der Waals surface area contributed by atoms with Gasteiger partial charge in [0.15, 0.2) is 0 Å². The van der Waals surface area contributed by atoms with E-state index in [2.05, 4.69) is 11.2 Å². The highest BCUT2D eigenvalue weighted by molar-refractivity contribution is 6.30. The fraction of sp³-hybridized carbons (Fsp3) is 0.0952. The van der Waals surface area contributed by atoms with E-state index < -0.39 is 11.9 Å². The predicted molar refractivity (Wildman–Crippen MR) is 106 cm³/mol. The fourth-order valence-corrected chi connectivity index (χ4v) is 3.55. The van der Waals surface area contributed by atoms with Crippen LogP contribution < -0.4 is 10.5 Å². The van der Waals surface area contributed by atoms with Crippen LogP contribution in [0.5, 0.6) is 5.88 Å². The number of nitrogens with zero attached hydrogens (tertiary/aromatic N) is 3. The summed E-state index contributed by atoms with van der Waals surface area (Å²) in [4.78, 5) is 11.1. The minimum Gasteiger partial charge on any atom is -0.478 e. The first-order valence-corrected chi connectivity index (χ1v) is 9.04. The molecule has 4 rings (SSSR count). The molecule has 8 heteroatoms. The molecular formula is C21H15ClN4O3. The first-order chi connectivity index (χ1) is 13.9.